The third-order valence-corrected chi connectivity index (χ3v) is 0.978. The lowest BCUT2D eigenvalue weighted by Crippen LogP contribution is -1.99. The summed E-state index contributed by atoms with van der Waals surface area (Å²) in [6.45, 7) is 4.07. The summed E-state index contributed by atoms with van der Waals surface area (Å²) in [6, 6.07) is 0. The van der Waals surface area contributed by atoms with Gasteiger partial charge in [-0.25, -0.2) is 0 Å². The van der Waals surface area contributed by atoms with Gasteiger partial charge in [0.15, 0.2) is 0 Å². The minimum Gasteiger partial charge on any atom is -0.404 e. The van der Waals surface area contributed by atoms with Crippen molar-refractivity contribution in [3.63, 3.8) is 0 Å². The first kappa shape index (κ1) is 6.82. The largest absolute Gasteiger partial charge is 0.404 e. The first-order valence-electron chi connectivity index (χ1n) is 2.43. The molecule has 0 aromatic rings. The summed E-state index contributed by atoms with van der Waals surface area (Å²) < 4.78 is 0. The molecule has 0 aliphatic rings. The highest BCUT2D eigenvalue weighted by molar-refractivity contribution is 5.91. The highest BCUT2D eigenvalue weighted by atomic mass is 28.1. The van der Waals surface area contributed by atoms with Crippen LogP contribution in [0.4, 0.5) is 0 Å². The maximum atomic E-state index is 4.83. The molecule has 0 aromatic carbocycles. The topological polar surface area (TPSA) is 21.6 Å². The van der Waals surface area contributed by atoms with Gasteiger partial charge in [-0.05, 0) is 13.3 Å². The SMILES string of the molecule is CCC(C)ON=[SiH2]. The molecule has 0 aliphatic heterocycles. The quantitative estimate of drug-likeness (QED) is 0.390. The molecule has 0 saturated carbocycles. The standard InChI is InChI=1S/C4H11NOSi/c1-3-4(2)6-5-7/h4H,3,7H2,1-2H3. The van der Waals surface area contributed by atoms with E-state index in [1.54, 1.807) is 0 Å². The Morgan fingerprint density at radius 3 is 2.57 bits per heavy atom. The molecule has 0 saturated heterocycles. The van der Waals surface area contributed by atoms with Gasteiger partial charge in [0.2, 0.25) is 0 Å². The third-order valence-electron chi connectivity index (χ3n) is 0.829. The van der Waals surface area contributed by atoms with Gasteiger partial charge in [0.25, 0.3) is 0 Å². The van der Waals surface area contributed by atoms with Crippen molar-refractivity contribution in [2.45, 2.75) is 26.4 Å². The summed E-state index contributed by atoms with van der Waals surface area (Å²) in [7, 11) is 1.47. The Kier molecular flexibility index (Phi) is 3.88. The Morgan fingerprint density at radius 2 is 2.43 bits per heavy atom. The highest BCUT2D eigenvalue weighted by Crippen LogP contribution is 1.93. The van der Waals surface area contributed by atoms with Crippen LogP contribution in [0.15, 0.2) is 4.80 Å². The van der Waals surface area contributed by atoms with Crippen molar-refractivity contribution in [2.24, 2.45) is 4.80 Å². The summed E-state index contributed by atoms with van der Waals surface area (Å²) in [5, 5.41) is 0. The maximum absolute atomic E-state index is 4.83. The Morgan fingerprint density at radius 1 is 1.86 bits per heavy atom. The van der Waals surface area contributed by atoms with Gasteiger partial charge in [0.1, 0.15) is 16.1 Å². The number of rotatable bonds is 3. The van der Waals surface area contributed by atoms with Crippen LogP contribution in [0.5, 0.6) is 0 Å². The Bertz CT molecular complexity index is 57.7. The fraction of sp³-hybridized carbons (Fsp3) is 1.00. The summed E-state index contributed by atoms with van der Waals surface area (Å²) in [5.41, 5.74) is 0. The van der Waals surface area contributed by atoms with Crippen molar-refractivity contribution in [3.05, 3.63) is 0 Å². The lowest BCUT2D eigenvalue weighted by Gasteiger charge is -2.03. The fourth-order valence-electron chi connectivity index (χ4n) is 0.202. The molecule has 0 aliphatic carbocycles. The molecule has 0 spiro atoms. The van der Waals surface area contributed by atoms with Crippen LogP contribution in [0.25, 0.3) is 0 Å². The van der Waals surface area contributed by atoms with Crippen LogP contribution in [0.3, 0.4) is 0 Å². The molecule has 2 nitrogen and oxygen atoms in total. The second kappa shape index (κ2) is 3.99. The van der Waals surface area contributed by atoms with Crippen LogP contribution in [-0.2, 0) is 4.84 Å². The fourth-order valence-corrected chi connectivity index (χ4v) is 0.456. The number of hydrogen-bond donors (Lipinski definition) is 0. The van der Waals surface area contributed by atoms with Gasteiger partial charge >= 0.3 is 0 Å². The second-order valence-corrected chi connectivity index (χ2v) is 1.71. The van der Waals surface area contributed by atoms with Crippen molar-refractivity contribution in [1.82, 2.24) is 0 Å². The third kappa shape index (κ3) is 3.65. The van der Waals surface area contributed by atoms with E-state index in [-0.39, 0.29) is 6.10 Å². The van der Waals surface area contributed by atoms with Crippen LogP contribution in [0.1, 0.15) is 20.3 Å². The molecule has 0 bridgehead atoms. The van der Waals surface area contributed by atoms with Crippen molar-refractivity contribution in [2.75, 3.05) is 0 Å². The summed E-state index contributed by atoms with van der Waals surface area (Å²) in [4.78, 5) is 8.36. The first-order valence-corrected chi connectivity index (χ1v) is 3.06. The van der Waals surface area contributed by atoms with Gasteiger partial charge in [-0.2, -0.15) is 4.80 Å². The monoisotopic (exact) mass is 117 g/mol. The van der Waals surface area contributed by atoms with Crippen molar-refractivity contribution >= 4 is 10.0 Å². The predicted octanol–water partition coefficient (Wildman–Crippen LogP) is 0.533. The molecule has 0 fully saturated rings. The number of nitrogens with zero attached hydrogens (tertiary/aromatic N) is 1. The van der Waals surface area contributed by atoms with Gasteiger partial charge in [-0.1, -0.05) is 6.92 Å². The minimum absolute atomic E-state index is 0.289. The van der Waals surface area contributed by atoms with E-state index in [4.69, 9.17) is 4.84 Å². The van der Waals surface area contributed by atoms with E-state index in [0.717, 1.165) is 6.42 Å². The second-order valence-electron chi connectivity index (χ2n) is 1.45. The molecule has 0 rings (SSSR count). The normalized spacial score (nSPS) is 12.9. The predicted molar refractivity (Wildman–Crippen MR) is 31.8 cm³/mol. The van der Waals surface area contributed by atoms with Gasteiger partial charge in [-0.3, -0.25) is 0 Å². The van der Waals surface area contributed by atoms with E-state index >= 15 is 0 Å². The van der Waals surface area contributed by atoms with Crippen LogP contribution < -0.4 is 0 Å². The van der Waals surface area contributed by atoms with Gasteiger partial charge < -0.3 is 4.84 Å². The Labute approximate surface area is 47.0 Å². The van der Waals surface area contributed by atoms with Crippen LogP contribution >= 0.6 is 0 Å². The van der Waals surface area contributed by atoms with E-state index in [9.17, 15) is 0 Å². The molecular formula is C4H11NOSi. The average Bonchev–Trinajstić information content (AvgIpc) is 1.68. The molecule has 3 heteroatoms. The Hall–Kier alpha value is -0.183. The zero-order chi connectivity index (χ0) is 5.70. The van der Waals surface area contributed by atoms with Crippen molar-refractivity contribution in [1.29, 1.82) is 0 Å². The van der Waals surface area contributed by atoms with Crippen molar-refractivity contribution in [3.8, 4) is 0 Å². The first-order chi connectivity index (χ1) is 3.31. The molecule has 0 radical (unpaired) electrons. The highest BCUT2D eigenvalue weighted by Gasteiger charge is 1.91. The molecular weight excluding hydrogens is 106 g/mol. The van der Waals surface area contributed by atoms with E-state index in [1.165, 1.54) is 10.0 Å². The molecule has 0 amide bonds. The van der Waals surface area contributed by atoms with Crippen LogP contribution in [0, 0.1) is 0 Å². The zero-order valence-electron chi connectivity index (χ0n) is 4.85. The van der Waals surface area contributed by atoms with E-state index in [2.05, 4.69) is 11.7 Å². The van der Waals surface area contributed by atoms with Gasteiger partial charge in [-0.15, -0.1) is 0 Å². The van der Waals surface area contributed by atoms with Crippen LogP contribution in [-0.4, -0.2) is 16.1 Å². The molecule has 0 aromatic heterocycles. The van der Waals surface area contributed by atoms with E-state index < -0.39 is 0 Å². The molecule has 1 atom stereocenters. The lowest BCUT2D eigenvalue weighted by atomic mass is 10.3. The molecule has 7 heavy (non-hydrogen) atoms. The average molecular weight is 117 g/mol. The van der Waals surface area contributed by atoms with E-state index in [1.807, 2.05) is 6.92 Å². The van der Waals surface area contributed by atoms with Gasteiger partial charge in [0.05, 0.1) is 0 Å². The summed E-state index contributed by atoms with van der Waals surface area (Å²) in [5.74, 6) is 0. The van der Waals surface area contributed by atoms with Gasteiger partial charge in [0, 0.05) is 0 Å². The smallest absolute Gasteiger partial charge is 0.148 e. The molecule has 0 heterocycles. The van der Waals surface area contributed by atoms with Crippen LogP contribution in [0.2, 0.25) is 0 Å². The molecule has 42 valence electrons. The van der Waals surface area contributed by atoms with E-state index in [0.29, 0.717) is 0 Å². The maximum Gasteiger partial charge on any atom is 0.148 e. The zero-order valence-corrected chi connectivity index (χ0v) is 6.26. The summed E-state index contributed by atoms with van der Waals surface area (Å²) in [6.07, 6.45) is 1.32. The van der Waals surface area contributed by atoms with Crippen molar-refractivity contribution < 1.29 is 4.84 Å². The lowest BCUT2D eigenvalue weighted by molar-refractivity contribution is 0.0736. The number of hydrogen-bond acceptors (Lipinski definition) is 2. The molecule has 0 N–H and O–H groups in total. The molecule has 1 unspecified atom stereocenters. The minimum atomic E-state index is 0.289. The summed E-state index contributed by atoms with van der Waals surface area (Å²) >= 11 is 0. The Balaban J connectivity index is 2.98.